The number of aromatic nitrogens is 2. The normalized spacial score (nSPS) is 10.4. The Labute approximate surface area is 140 Å². The number of rotatable bonds is 4. The van der Waals surface area contributed by atoms with Crippen molar-refractivity contribution in [2.75, 3.05) is 0 Å². The molecule has 0 saturated carbocycles. The number of hydrogen-bond donors (Lipinski definition) is 0. The van der Waals surface area contributed by atoms with Gasteiger partial charge in [0, 0.05) is 17.7 Å². The third-order valence-corrected chi connectivity index (χ3v) is 3.46. The van der Waals surface area contributed by atoms with Gasteiger partial charge < -0.3 is 0 Å². The Kier molecular flexibility index (Phi) is 4.04. The lowest BCUT2D eigenvalue weighted by Crippen LogP contribution is -2.21. The first-order valence-electron chi connectivity index (χ1n) is 7.06. The van der Waals surface area contributed by atoms with E-state index in [1.807, 2.05) is 6.07 Å². The summed E-state index contributed by atoms with van der Waals surface area (Å²) in [7, 11) is 0. The van der Waals surface area contributed by atoms with Crippen molar-refractivity contribution < 1.29 is 9.85 Å². The molecular formula is C16H10N4O5. The molecule has 9 heteroatoms. The molecule has 3 rings (SSSR count). The van der Waals surface area contributed by atoms with Crippen LogP contribution in [0.1, 0.15) is 0 Å². The third-order valence-electron chi connectivity index (χ3n) is 3.46. The molecule has 0 aliphatic carbocycles. The fraction of sp³-hybridized carbons (Fsp3) is 0. The quantitative estimate of drug-likeness (QED) is 0.532. The van der Waals surface area contributed by atoms with Gasteiger partial charge in [0.15, 0.2) is 0 Å². The van der Waals surface area contributed by atoms with Crippen molar-refractivity contribution in [3.63, 3.8) is 0 Å². The summed E-state index contributed by atoms with van der Waals surface area (Å²) >= 11 is 0. The zero-order chi connectivity index (χ0) is 18.0. The fourth-order valence-corrected chi connectivity index (χ4v) is 2.30. The minimum atomic E-state index is -0.786. The van der Waals surface area contributed by atoms with Crippen LogP contribution in [0.2, 0.25) is 0 Å². The lowest BCUT2D eigenvalue weighted by Gasteiger charge is -2.07. The summed E-state index contributed by atoms with van der Waals surface area (Å²) in [4.78, 5) is 32.7. The summed E-state index contributed by atoms with van der Waals surface area (Å²) in [6.07, 6.45) is 0. The van der Waals surface area contributed by atoms with Crippen LogP contribution in [-0.2, 0) is 0 Å². The lowest BCUT2D eigenvalue weighted by atomic mass is 10.1. The summed E-state index contributed by atoms with van der Waals surface area (Å²) in [6, 6.07) is 14.7. The van der Waals surface area contributed by atoms with Crippen LogP contribution in [0.5, 0.6) is 0 Å². The predicted molar refractivity (Wildman–Crippen MR) is 88.6 cm³/mol. The first-order chi connectivity index (χ1) is 12.0. The summed E-state index contributed by atoms with van der Waals surface area (Å²) < 4.78 is 0.865. The van der Waals surface area contributed by atoms with Crippen LogP contribution >= 0.6 is 0 Å². The maximum atomic E-state index is 12.1. The van der Waals surface area contributed by atoms with E-state index in [1.165, 1.54) is 12.1 Å². The van der Waals surface area contributed by atoms with E-state index in [9.17, 15) is 25.0 Å². The highest BCUT2D eigenvalue weighted by Gasteiger charge is 2.22. The average Bonchev–Trinajstić information content (AvgIpc) is 2.62. The second-order valence-corrected chi connectivity index (χ2v) is 5.02. The highest BCUT2D eigenvalue weighted by Crippen LogP contribution is 2.27. The van der Waals surface area contributed by atoms with E-state index in [1.54, 1.807) is 24.3 Å². The van der Waals surface area contributed by atoms with Crippen LogP contribution in [0.3, 0.4) is 0 Å². The molecule has 0 aliphatic heterocycles. The van der Waals surface area contributed by atoms with Gasteiger partial charge in [-0.3, -0.25) is 25.0 Å². The molecule has 0 atom stereocenters. The van der Waals surface area contributed by atoms with Gasteiger partial charge >= 0.3 is 5.69 Å². The number of nitrogens with zero attached hydrogens (tertiary/aromatic N) is 4. The maximum absolute atomic E-state index is 12.1. The molecule has 2 aromatic carbocycles. The molecule has 1 aromatic heterocycles. The van der Waals surface area contributed by atoms with E-state index >= 15 is 0 Å². The second kappa shape index (κ2) is 6.32. The minimum Gasteiger partial charge on any atom is -0.267 e. The number of non-ortho nitro benzene ring substituents is 1. The van der Waals surface area contributed by atoms with Crippen molar-refractivity contribution in [1.82, 2.24) is 9.78 Å². The molecule has 25 heavy (non-hydrogen) atoms. The Morgan fingerprint density at radius 1 is 0.880 bits per heavy atom. The Balaban J connectivity index is 2.21. The van der Waals surface area contributed by atoms with E-state index in [2.05, 4.69) is 5.10 Å². The first kappa shape index (κ1) is 16.0. The molecule has 0 N–H and O–H groups in total. The molecule has 0 unspecified atom stereocenters. The molecule has 0 aliphatic rings. The molecule has 0 radical (unpaired) electrons. The number of nitro groups is 2. The largest absolute Gasteiger partial charge is 0.301 e. The van der Waals surface area contributed by atoms with Gasteiger partial charge in [-0.15, -0.1) is 0 Å². The standard InChI is InChI=1S/C16H10N4O5/c21-16-9-7-13(11-4-2-1-3-5-11)17-18(16)14-8-6-12(19(22)23)10-15(14)20(24)25/h1-10H. The second-order valence-electron chi connectivity index (χ2n) is 5.02. The zero-order valence-electron chi connectivity index (χ0n) is 12.6. The highest BCUT2D eigenvalue weighted by atomic mass is 16.6. The highest BCUT2D eigenvalue weighted by molar-refractivity contribution is 5.60. The Hall–Kier alpha value is -3.88. The summed E-state index contributed by atoms with van der Waals surface area (Å²) in [5.74, 6) is 0. The van der Waals surface area contributed by atoms with Gasteiger partial charge in [-0.25, -0.2) is 0 Å². The summed E-state index contributed by atoms with van der Waals surface area (Å²) in [5, 5.41) is 26.3. The number of benzene rings is 2. The van der Waals surface area contributed by atoms with Crippen LogP contribution in [0.25, 0.3) is 16.9 Å². The lowest BCUT2D eigenvalue weighted by molar-refractivity contribution is -0.394. The predicted octanol–water partition coefficient (Wildman–Crippen LogP) is 2.72. The van der Waals surface area contributed by atoms with Gasteiger partial charge in [0.25, 0.3) is 11.2 Å². The summed E-state index contributed by atoms with van der Waals surface area (Å²) in [6.45, 7) is 0. The molecule has 0 spiro atoms. The van der Waals surface area contributed by atoms with Gasteiger partial charge in [-0.2, -0.15) is 9.78 Å². The minimum absolute atomic E-state index is 0.140. The van der Waals surface area contributed by atoms with Crippen LogP contribution in [0.15, 0.2) is 65.5 Å². The first-order valence-corrected chi connectivity index (χ1v) is 7.06. The van der Waals surface area contributed by atoms with E-state index < -0.39 is 26.8 Å². The van der Waals surface area contributed by atoms with Gasteiger partial charge in [-0.05, 0) is 12.1 Å². The molecular weight excluding hydrogens is 328 g/mol. The van der Waals surface area contributed by atoms with Crippen LogP contribution in [0, 0.1) is 20.2 Å². The Morgan fingerprint density at radius 2 is 1.60 bits per heavy atom. The molecule has 0 amide bonds. The van der Waals surface area contributed by atoms with E-state index in [4.69, 9.17) is 0 Å². The van der Waals surface area contributed by atoms with E-state index in [-0.39, 0.29) is 5.69 Å². The van der Waals surface area contributed by atoms with Crippen molar-refractivity contribution in [1.29, 1.82) is 0 Å². The van der Waals surface area contributed by atoms with E-state index in [0.717, 1.165) is 28.4 Å². The third kappa shape index (κ3) is 3.11. The molecule has 124 valence electrons. The fourth-order valence-electron chi connectivity index (χ4n) is 2.30. The molecule has 1 heterocycles. The Morgan fingerprint density at radius 3 is 2.24 bits per heavy atom. The average molecular weight is 338 g/mol. The number of nitro benzene ring substituents is 2. The van der Waals surface area contributed by atoms with E-state index in [0.29, 0.717) is 5.69 Å². The van der Waals surface area contributed by atoms with Crippen molar-refractivity contribution in [3.8, 4) is 16.9 Å². The topological polar surface area (TPSA) is 121 Å². The van der Waals surface area contributed by atoms with Gasteiger partial charge in [-0.1, -0.05) is 30.3 Å². The van der Waals surface area contributed by atoms with Gasteiger partial charge in [0.05, 0.1) is 21.6 Å². The monoisotopic (exact) mass is 338 g/mol. The maximum Gasteiger partial charge on any atom is 0.301 e. The van der Waals surface area contributed by atoms with Crippen LogP contribution < -0.4 is 5.56 Å². The van der Waals surface area contributed by atoms with Crippen LogP contribution in [-0.4, -0.2) is 19.6 Å². The molecule has 0 bridgehead atoms. The van der Waals surface area contributed by atoms with Gasteiger partial charge in [0.1, 0.15) is 5.69 Å². The number of hydrogen-bond acceptors (Lipinski definition) is 6. The van der Waals surface area contributed by atoms with Crippen LogP contribution in [0.4, 0.5) is 11.4 Å². The Bertz CT molecular complexity index is 1030. The van der Waals surface area contributed by atoms with Crippen molar-refractivity contribution in [2.24, 2.45) is 0 Å². The van der Waals surface area contributed by atoms with Crippen molar-refractivity contribution in [2.45, 2.75) is 0 Å². The van der Waals surface area contributed by atoms with Gasteiger partial charge in [0.2, 0.25) is 0 Å². The SMILES string of the molecule is O=c1ccc(-c2ccccc2)nn1-c1ccc([N+](=O)[O-])cc1[N+](=O)[O-]. The molecule has 0 fully saturated rings. The van der Waals surface area contributed by atoms with Crippen molar-refractivity contribution >= 4 is 11.4 Å². The summed E-state index contributed by atoms with van der Waals surface area (Å²) in [5.41, 5.74) is -0.583. The molecule has 0 saturated heterocycles. The molecule has 9 nitrogen and oxygen atoms in total. The molecule has 3 aromatic rings. The zero-order valence-corrected chi connectivity index (χ0v) is 12.6. The smallest absolute Gasteiger partial charge is 0.267 e. The van der Waals surface area contributed by atoms with Crippen molar-refractivity contribution in [3.05, 3.63) is 91.2 Å².